The standard InChI is InChI=1S/C19H23N3O3/c1-4-15(23)16-17(13-11-20-14-8-6-5-7-12(13)14)22(10-9-21(2)3)19(25)18(16)24/h5-8,11,17,20,24H,4,9-10H2,1-3H3. The summed E-state index contributed by atoms with van der Waals surface area (Å²) in [6.07, 6.45) is 2.07. The predicted octanol–water partition coefficient (Wildman–Crippen LogP) is 2.40. The van der Waals surface area contributed by atoms with Crippen LogP contribution in [-0.4, -0.2) is 58.8 Å². The number of aliphatic hydroxyl groups excluding tert-OH is 1. The molecule has 0 spiro atoms. The average Bonchev–Trinajstić information content (AvgIpc) is 3.12. The number of aromatic nitrogens is 1. The van der Waals surface area contributed by atoms with Crippen LogP contribution in [0.5, 0.6) is 0 Å². The Balaban J connectivity index is 2.11. The molecule has 1 amide bonds. The number of ketones is 1. The fraction of sp³-hybridized carbons (Fsp3) is 0.368. The molecule has 2 N–H and O–H groups in total. The summed E-state index contributed by atoms with van der Waals surface area (Å²) < 4.78 is 0. The van der Waals surface area contributed by atoms with Crippen molar-refractivity contribution in [3.8, 4) is 0 Å². The van der Waals surface area contributed by atoms with E-state index in [1.54, 1.807) is 11.8 Å². The van der Waals surface area contributed by atoms with Crippen molar-refractivity contribution in [1.29, 1.82) is 0 Å². The Kier molecular flexibility index (Phi) is 4.63. The maximum absolute atomic E-state index is 12.6. The van der Waals surface area contributed by atoms with E-state index in [1.807, 2.05) is 49.5 Å². The number of carbonyl (C=O) groups is 2. The molecule has 2 aromatic rings. The van der Waals surface area contributed by atoms with Gasteiger partial charge in [-0.05, 0) is 20.2 Å². The summed E-state index contributed by atoms with van der Waals surface area (Å²) in [4.78, 5) is 31.9. The molecule has 3 rings (SSSR count). The number of carbonyl (C=O) groups excluding carboxylic acids is 2. The molecule has 0 bridgehead atoms. The number of hydrogen-bond acceptors (Lipinski definition) is 4. The van der Waals surface area contributed by atoms with Gasteiger partial charge in [-0.1, -0.05) is 25.1 Å². The zero-order chi connectivity index (χ0) is 18.1. The first kappa shape index (κ1) is 17.2. The lowest BCUT2D eigenvalue weighted by Gasteiger charge is -2.27. The molecule has 6 nitrogen and oxygen atoms in total. The number of aromatic amines is 1. The summed E-state index contributed by atoms with van der Waals surface area (Å²) in [6, 6.07) is 7.20. The first-order valence-electron chi connectivity index (χ1n) is 8.43. The lowest BCUT2D eigenvalue weighted by atomic mass is 9.95. The average molecular weight is 341 g/mol. The first-order valence-corrected chi connectivity index (χ1v) is 8.43. The molecule has 1 atom stereocenters. The molecule has 132 valence electrons. The molecular formula is C19H23N3O3. The Morgan fingerprint density at radius 1 is 1.32 bits per heavy atom. The molecule has 1 aromatic carbocycles. The van der Waals surface area contributed by atoms with E-state index in [2.05, 4.69) is 4.98 Å². The topological polar surface area (TPSA) is 76.6 Å². The van der Waals surface area contributed by atoms with Crippen LogP contribution in [0.25, 0.3) is 10.9 Å². The second-order valence-electron chi connectivity index (χ2n) is 6.53. The van der Waals surface area contributed by atoms with Gasteiger partial charge in [0, 0.05) is 42.2 Å². The van der Waals surface area contributed by atoms with Gasteiger partial charge in [0.15, 0.2) is 11.5 Å². The lowest BCUT2D eigenvalue weighted by Crippen LogP contribution is -2.36. The molecule has 1 aromatic heterocycles. The number of para-hydroxylation sites is 1. The van der Waals surface area contributed by atoms with Gasteiger partial charge in [0.1, 0.15) is 0 Å². The molecule has 0 saturated carbocycles. The van der Waals surface area contributed by atoms with Gasteiger partial charge in [-0.25, -0.2) is 0 Å². The zero-order valence-electron chi connectivity index (χ0n) is 14.7. The summed E-state index contributed by atoms with van der Waals surface area (Å²) in [5.74, 6) is -1.09. The van der Waals surface area contributed by atoms with Crippen molar-refractivity contribution in [2.45, 2.75) is 19.4 Å². The van der Waals surface area contributed by atoms with E-state index in [4.69, 9.17) is 0 Å². The quantitative estimate of drug-likeness (QED) is 0.846. The minimum absolute atomic E-state index is 0.200. The van der Waals surface area contributed by atoms with Crippen LogP contribution in [0.2, 0.25) is 0 Å². The summed E-state index contributed by atoms with van der Waals surface area (Å²) in [7, 11) is 3.85. The van der Waals surface area contributed by atoms with Crippen LogP contribution < -0.4 is 0 Å². The largest absolute Gasteiger partial charge is 0.503 e. The summed E-state index contributed by atoms with van der Waals surface area (Å²) in [5, 5.41) is 11.3. The number of nitrogens with one attached hydrogen (secondary N) is 1. The summed E-state index contributed by atoms with van der Waals surface area (Å²) in [5.41, 5.74) is 1.98. The highest BCUT2D eigenvalue weighted by Gasteiger charge is 2.43. The van der Waals surface area contributed by atoms with Gasteiger partial charge in [0.25, 0.3) is 5.91 Å². The summed E-state index contributed by atoms with van der Waals surface area (Å²) >= 11 is 0. The highest BCUT2D eigenvalue weighted by molar-refractivity contribution is 6.09. The number of benzene rings is 1. The van der Waals surface area contributed by atoms with Crippen molar-refractivity contribution in [2.75, 3.05) is 27.2 Å². The van der Waals surface area contributed by atoms with Crippen LogP contribution >= 0.6 is 0 Å². The maximum Gasteiger partial charge on any atom is 0.290 e. The highest BCUT2D eigenvalue weighted by atomic mass is 16.3. The second kappa shape index (κ2) is 6.72. The van der Waals surface area contributed by atoms with Crippen LogP contribution in [-0.2, 0) is 9.59 Å². The van der Waals surface area contributed by atoms with E-state index in [-0.39, 0.29) is 17.8 Å². The third kappa shape index (κ3) is 2.93. The van der Waals surface area contributed by atoms with E-state index in [0.717, 1.165) is 16.5 Å². The van der Waals surface area contributed by atoms with Crippen molar-refractivity contribution in [1.82, 2.24) is 14.8 Å². The number of rotatable bonds is 6. The van der Waals surface area contributed by atoms with E-state index < -0.39 is 17.7 Å². The lowest BCUT2D eigenvalue weighted by molar-refractivity contribution is -0.129. The SMILES string of the molecule is CCC(=O)C1=C(O)C(=O)N(CCN(C)C)C1c1c[nH]c2ccccc12. The first-order chi connectivity index (χ1) is 12.0. The van der Waals surface area contributed by atoms with Crippen molar-refractivity contribution in [3.63, 3.8) is 0 Å². The van der Waals surface area contributed by atoms with Gasteiger partial charge in [-0.15, -0.1) is 0 Å². The maximum atomic E-state index is 12.6. The Hall–Kier alpha value is -2.60. The fourth-order valence-corrected chi connectivity index (χ4v) is 3.31. The summed E-state index contributed by atoms with van der Waals surface area (Å²) in [6.45, 7) is 2.81. The zero-order valence-corrected chi connectivity index (χ0v) is 14.7. The van der Waals surface area contributed by atoms with E-state index in [0.29, 0.717) is 13.1 Å². The van der Waals surface area contributed by atoms with E-state index >= 15 is 0 Å². The van der Waals surface area contributed by atoms with Crippen LogP contribution in [0.1, 0.15) is 24.9 Å². The number of likely N-dealkylation sites (N-methyl/N-ethyl adjacent to an activating group) is 1. The second-order valence-corrected chi connectivity index (χ2v) is 6.53. The number of amides is 1. The third-order valence-electron chi connectivity index (χ3n) is 4.63. The molecule has 1 aliphatic heterocycles. The number of hydrogen-bond donors (Lipinski definition) is 2. The molecule has 6 heteroatoms. The Morgan fingerprint density at radius 2 is 2.04 bits per heavy atom. The van der Waals surface area contributed by atoms with Gasteiger partial charge < -0.3 is 19.9 Å². The smallest absolute Gasteiger partial charge is 0.290 e. The van der Waals surface area contributed by atoms with Crippen LogP contribution in [0.4, 0.5) is 0 Å². The van der Waals surface area contributed by atoms with Crippen molar-refractivity contribution < 1.29 is 14.7 Å². The van der Waals surface area contributed by atoms with E-state index in [1.165, 1.54) is 0 Å². The van der Waals surface area contributed by atoms with Crippen LogP contribution in [0, 0.1) is 0 Å². The van der Waals surface area contributed by atoms with Crippen LogP contribution in [0.3, 0.4) is 0 Å². The van der Waals surface area contributed by atoms with Crippen molar-refractivity contribution in [3.05, 3.63) is 47.4 Å². The number of H-pyrrole nitrogens is 1. The molecule has 0 fully saturated rings. The van der Waals surface area contributed by atoms with Gasteiger partial charge in [0.05, 0.1) is 11.6 Å². The van der Waals surface area contributed by atoms with Crippen LogP contribution in [0.15, 0.2) is 41.8 Å². The molecule has 2 heterocycles. The molecule has 0 radical (unpaired) electrons. The monoisotopic (exact) mass is 341 g/mol. The highest BCUT2D eigenvalue weighted by Crippen LogP contribution is 2.40. The number of Topliss-reactive ketones (excluding diaryl/α,β-unsaturated/α-hetero) is 1. The van der Waals surface area contributed by atoms with E-state index in [9.17, 15) is 14.7 Å². The predicted molar refractivity (Wildman–Crippen MR) is 96.3 cm³/mol. The number of fused-ring (bicyclic) bond motifs is 1. The Labute approximate surface area is 146 Å². The van der Waals surface area contributed by atoms with Gasteiger partial charge in [-0.3, -0.25) is 9.59 Å². The third-order valence-corrected chi connectivity index (χ3v) is 4.63. The number of aliphatic hydroxyl groups is 1. The minimum atomic E-state index is -0.559. The molecule has 0 saturated heterocycles. The van der Waals surface area contributed by atoms with Gasteiger partial charge >= 0.3 is 0 Å². The molecular weight excluding hydrogens is 318 g/mol. The fourth-order valence-electron chi connectivity index (χ4n) is 3.31. The Morgan fingerprint density at radius 3 is 2.72 bits per heavy atom. The Bertz CT molecular complexity index is 850. The molecule has 1 aliphatic rings. The number of nitrogens with zero attached hydrogens (tertiary/aromatic N) is 2. The molecule has 25 heavy (non-hydrogen) atoms. The van der Waals surface area contributed by atoms with Gasteiger partial charge in [-0.2, -0.15) is 0 Å². The van der Waals surface area contributed by atoms with Gasteiger partial charge in [0.2, 0.25) is 0 Å². The minimum Gasteiger partial charge on any atom is -0.503 e. The molecule has 0 aliphatic carbocycles. The van der Waals surface area contributed by atoms with Crippen molar-refractivity contribution >= 4 is 22.6 Å². The normalized spacial score (nSPS) is 18.0. The molecule has 1 unspecified atom stereocenters. The van der Waals surface area contributed by atoms with Crippen molar-refractivity contribution in [2.24, 2.45) is 0 Å².